The van der Waals surface area contributed by atoms with E-state index in [0.717, 1.165) is 5.92 Å². The highest BCUT2D eigenvalue weighted by atomic mass is 14.1. The SMILES string of the molecule is CC=C(C)C(CCC)CCC=C(C)C. The maximum atomic E-state index is 2.35. The summed E-state index contributed by atoms with van der Waals surface area (Å²) in [6, 6.07) is 0. The van der Waals surface area contributed by atoms with Gasteiger partial charge in [-0.15, -0.1) is 0 Å². The fourth-order valence-corrected chi connectivity index (χ4v) is 1.76. The van der Waals surface area contributed by atoms with Crippen LogP contribution in [0.5, 0.6) is 0 Å². The van der Waals surface area contributed by atoms with Gasteiger partial charge in [-0.05, 0) is 52.9 Å². The predicted molar refractivity (Wildman–Crippen MR) is 66.5 cm³/mol. The van der Waals surface area contributed by atoms with Crippen LogP contribution < -0.4 is 0 Å². The molecule has 0 amide bonds. The van der Waals surface area contributed by atoms with Gasteiger partial charge in [0.2, 0.25) is 0 Å². The van der Waals surface area contributed by atoms with E-state index in [1.807, 2.05) is 0 Å². The third-order valence-electron chi connectivity index (χ3n) is 2.80. The highest BCUT2D eigenvalue weighted by molar-refractivity contribution is 5.03. The summed E-state index contributed by atoms with van der Waals surface area (Å²) < 4.78 is 0. The molecule has 0 heteroatoms. The highest BCUT2D eigenvalue weighted by Gasteiger charge is 2.07. The van der Waals surface area contributed by atoms with Crippen molar-refractivity contribution in [1.29, 1.82) is 0 Å². The molecule has 0 saturated carbocycles. The molecule has 0 fully saturated rings. The molecular weight excluding hydrogens is 168 g/mol. The second kappa shape index (κ2) is 7.84. The third-order valence-corrected chi connectivity index (χ3v) is 2.80. The van der Waals surface area contributed by atoms with E-state index >= 15 is 0 Å². The minimum absolute atomic E-state index is 0.806. The van der Waals surface area contributed by atoms with Crippen LogP contribution in [0.1, 0.15) is 60.3 Å². The number of hydrogen-bond donors (Lipinski definition) is 0. The average Bonchev–Trinajstić information content (AvgIpc) is 2.15. The van der Waals surface area contributed by atoms with Gasteiger partial charge in [-0.25, -0.2) is 0 Å². The van der Waals surface area contributed by atoms with Gasteiger partial charge in [-0.1, -0.05) is 36.6 Å². The molecule has 0 nitrogen and oxygen atoms in total. The second-order valence-corrected chi connectivity index (χ2v) is 4.38. The Morgan fingerprint density at radius 3 is 2.21 bits per heavy atom. The van der Waals surface area contributed by atoms with Crippen LogP contribution in [-0.4, -0.2) is 0 Å². The normalized spacial score (nSPS) is 13.9. The molecule has 0 aliphatic heterocycles. The van der Waals surface area contributed by atoms with E-state index in [1.54, 1.807) is 5.57 Å². The van der Waals surface area contributed by atoms with Crippen LogP contribution in [0.2, 0.25) is 0 Å². The molecule has 1 unspecified atom stereocenters. The fraction of sp³-hybridized carbons (Fsp3) is 0.714. The van der Waals surface area contributed by atoms with Crippen molar-refractivity contribution in [1.82, 2.24) is 0 Å². The number of allylic oxidation sites excluding steroid dienone is 4. The lowest BCUT2D eigenvalue weighted by Gasteiger charge is -2.15. The first-order valence-electron chi connectivity index (χ1n) is 5.88. The van der Waals surface area contributed by atoms with Crippen molar-refractivity contribution < 1.29 is 0 Å². The second-order valence-electron chi connectivity index (χ2n) is 4.38. The van der Waals surface area contributed by atoms with Gasteiger partial charge < -0.3 is 0 Å². The summed E-state index contributed by atoms with van der Waals surface area (Å²) in [7, 11) is 0. The van der Waals surface area contributed by atoms with Crippen LogP contribution in [0.15, 0.2) is 23.3 Å². The Bertz CT molecular complexity index is 192. The van der Waals surface area contributed by atoms with Crippen LogP contribution in [0.3, 0.4) is 0 Å². The largest absolute Gasteiger partial charge is 0.0885 e. The van der Waals surface area contributed by atoms with Gasteiger partial charge in [-0.3, -0.25) is 0 Å². The molecule has 0 spiro atoms. The fourth-order valence-electron chi connectivity index (χ4n) is 1.76. The van der Waals surface area contributed by atoms with Gasteiger partial charge >= 0.3 is 0 Å². The van der Waals surface area contributed by atoms with Crippen molar-refractivity contribution in [2.24, 2.45) is 5.92 Å². The maximum Gasteiger partial charge on any atom is -0.0203 e. The van der Waals surface area contributed by atoms with E-state index in [2.05, 4.69) is 46.8 Å². The molecule has 0 heterocycles. The van der Waals surface area contributed by atoms with Crippen LogP contribution in [0, 0.1) is 5.92 Å². The van der Waals surface area contributed by atoms with Crippen molar-refractivity contribution >= 4 is 0 Å². The van der Waals surface area contributed by atoms with Gasteiger partial charge in [0.15, 0.2) is 0 Å². The quantitative estimate of drug-likeness (QED) is 0.515. The molecule has 1 atom stereocenters. The molecule has 0 aromatic heterocycles. The van der Waals surface area contributed by atoms with E-state index in [1.165, 1.54) is 31.3 Å². The van der Waals surface area contributed by atoms with Gasteiger partial charge in [0.1, 0.15) is 0 Å². The molecule has 0 aromatic carbocycles. The molecule has 0 saturated heterocycles. The maximum absolute atomic E-state index is 2.35. The number of hydrogen-bond acceptors (Lipinski definition) is 0. The molecule has 0 aliphatic carbocycles. The van der Waals surface area contributed by atoms with E-state index in [-0.39, 0.29) is 0 Å². The molecule has 0 rings (SSSR count). The number of rotatable bonds is 6. The Hall–Kier alpha value is -0.520. The molecule has 0 aromatic rings. The Balaban J connectivity index is 4.04. The van der Waals surface area contributed by atoms with Crippen molar-refractivity contribution in [3.05, 3.63) is 23.3 Å². The van der Waals surface area contributed by atoms with Crippen LogP contribution in [0.25, 0.3) is 0 Å². The van der Waals surface area contributed by atoms with Gasteiger partial charge in [-0.2, -0.15) is 0 Å². The molecule has 82 valence electrons. The summed E-state index contributed by atoms with van der Waals surface area (Å²) >= 11 is 0. The minimum atomic E-state index is 0.806. The minimum Gasteiger partial charge on any atom is -0.0885 e. The van der Waals surface area contributed by atoms with Crippen LogP contribution in [-0.2, 0) is 0 Å². The standard InChI is InChI=1S/C14H26/c1-6-9-14(13(5)7-2)11-8-10-12(3)4/h7,10,14H,6,8-9,11H2,1-5H3. The Kier molecular flexibility index (Phi) is 7.55. The lowest BCUT2D eigenvalue weighted by molar-refractivity contribution is 0.514. The Morgan fingerprint density at radius 2 is 1.79 bits per heavy atom. The summed E-state index contributed by atoms with van der Waals surface area (Å²) in [4.78, 5) is 0. The lowest BCUT2D eigenvalue weighted by Crippen LogP contribution is -2.01. The first-order chi connectivity index (χ1) is 6.61. The summed E-state index contributed by atoms with van der Waals surface area (Å²) in [6.07, 6.45) is 9.80. The summed E-state index contributed by atoms with van der Waals surface area (Å²) in [5.74, 6) is 0.806. The topological polar surface area (TPSA) is 0 Å². The van der Waals surface area contributed by atoms with Gasteiger partial charge in [0.25, 0.3) is 0 Å². The zero-order chi connectivity index (χ0) is 11.0. The van der Waals surface area contributed by atoms with E-state index in [4.69, 9.17) is 0 Å². The average molecular weight is 194 g/mol. The first kappa shape index (κ1) is 13.5. The third kappa shape index (κ3) is 6.01. The van der Waals surface area contributed by atoms with Crippen molar-refractivity contribution in [3.63, 3.8) is 0 Å². The molecular formula is C14H26. The Morgan fingerprint density at radius 1 is 1.14 bits per heavy atom. The lowest BCUT2D eigenvalue weighted by atomic mass is 9.90. The first-order valence-corrected chi connectivity index (χ1v) is 5.88. The van der Waals surface area contributed by atoms with E-state index < -0.39 is 0 Å². The van der Waals surface area contributed by atoms with Crippen LogP contribution in [0.4, 0.5) is 0 Å². The predicted octanol–water partition coefficient (Wildman–Crippen LogP) is 5.12. The molecule has 0 bridgehead atoms. The van der Waals surface area contributed by atoms with Gasteiger partial charge in [0.05, 0.1) is 0 Å². The van der Waals surface area contributed by atoms with Crippen molar-refractivity contribution in [2.75, 3.05) is 0 Å². The summed E-state index contributed by atoms with van der Waals surface area (Å²) in [5, 5.41) is 0. The van der Waals surface area contributed by atoms with Gasteiger partial charge in [0, 0.05) is 0 Å². The molecule has 0 aliphatic rings. The monoisotopic (exact) mass is 194 g/mol. The Labute approximate surface area is 90.1 Å². The highest BCUT2D eigenvalue weighted by Crippen LogP contribution is 2.22. The zero-order valence-corrected chi connectivity index (χ0v) is 10.6. The summed E-state index contributed by atoms with van der Waals surface area (Å²) in [5.41, 5.74) is 3.01. The molecule has 14 heavy (non-hydrogen) atoms. The molecule has 0 N–H and O–H groups in total. The smallest absolute Gasteiger partial charge is 0.0203 e. The van der Waals surface area contributed by atoms with E-state index in [0.29, 0.717) is 0 Å². The van der Waals surface area contributed by atoms with E-state index in [9.17, 15) is 0 Å². The molecule has 0 radical (unpaired) electrons. The van der Waals surface area contributed by atoms with Crippen LogP contribution >= 0.6 is 0 Å². The van der Waals surface area contributed by atoms with Crippen molar-refractivity contribution in [2.45, 2.75) is 60.3 Å². The zero-order valence-electron chi connectivity index (χ0n) is 10.6. The van der Waals surface area contributed by atoms with Crippen molar-refractivity contribution in [3.8, 4) is 0 Å². The summed E-state index contributed by atoms with van der Waals surface area (Å²) in [6.45, 7) is 11.0.